The van der Waals surface area contributed by atoms with E-state index in [1.807, 2.05) is 0 Å². The van der Waals surface area contributed by atoms with Crippen molar-refractivity contribution in [1.29, 1.82) is 0 Å². The van der Waals surface area contributed by atoms with Crippen molar-refractivity contribution >= 4 is 11.4 Å². The Morgan fingerprint density at radius 3 is 2.50 bits per heavy atom. The normalized spacial score (nSPS) is 13.9. The molecule has 0 amide bonds. The number of nitrogens with zero attached hydrogens (tertiary/aromatic N) is 1. The highest BCUT2D eigenvalue weighted by atomic mass is 19.3. The van der Waals surface area contributed by atoms with Crippen LogP contribution < -0.4 is 20.5 Å². The number of nitrogens with one attached hydrogen (secondary N) is 1. The lowest BCUT2D eigenvalue weighted by atomic mass is 10.2. The molecule has 9 heteroatoms. The monoisotopic (exact) mass is 289 g/mol. The highest BCUT2D eigenvalue weighted by Crippen LogP contribution is 2.39. The summed E-state index contributed by atoms with van der Waals surface area (Å²) in [6.45, 7) is -1.08. The lowest BCUT2D eigenvalue weighted by Crippen LogP contribution is -2.35. The van der Waals surface area contributed by atoms with Gasteiger partial charge in [0.2, 0.25) is 0 Å². The molecule has 0 spiro atoms. The van der Waals surface area contributed by atoms with E-state index in [9.17, 15) is 18.9 Å². The summed E-state index contributed by atoms with van der Waals surface area (Å²) in [7, 11) is 0. The largest absolute Gasteiger partial charge is 0.486 e. The molecule has 2 rings (SSSR count). The SMILES string of the molecule is NCC(F)(F)CNc1cc2c(cc1[N+](=O)[O-])OCCO2. The van der Waals surface area contributed by atoms with Gasteiger partial charge in [0.05, 0.1) is 24.1 Å². The van der Waals surface area contributed by atoms with Gasteiger partial charge in [0.1, 0.15) is 18.9 Å². The second-order valence-electron chi connectivity index (χ2n) is 4.18. The van der Waals surface area contributed by atoms with E-state index >= 15 is 0 Å². The molecular formula is C11H13F2N3O4. The quantitative estimate of drug-likeness (QED) is 0.627. The predicted molar refractivity (Wildman–Crippen MR) is 66.6 cm³/mol. The lowest BCUT2D eigenvalue weighted by Gasteiger charge is -2.20. The van der Waals surface area contributed by atoms with Gasteiger partial charge in [0, 0.05) is 6.07 Å². The van der Waals surface area contributed by atoms with E-state index in [-0.39, 0.29) is 29.5 Å². The standard InChI is InChI=1S/C11H13F2N3O4/c12-11(13,5-14)6-15-7-3-9-10(20-2-1-19-9)4-8(7)16(17)18/h3-4,15H,1-2,5-6,14H2. The van der Waals surface area contributed by atoms with Gasteiger partial charge in [-0.2, -0.15) is 0 Å². The number of ether oxygens (including phenoxy) is 2. The predicted octanol–water partition coefficient (Wildman–Crippen LogP) is 1.37. The first-order valence-electron chi connectivity index (χ1n) is 5.83. The molecule has 0 saturated carbocycles. The zero-order chi connectivity index (χ0) is 14.8. The Morgan fingerprint density at radius 1 is 1.35 bits per heavy atom. The van der Waals surface area contributed by atoms with E-state index < -0.39 is 23.9 Å². The molecule has 0 saturated heterocycles. The van der Waals surface area contributed by atoms with E-state index in [0.29, 0.717) is 6.61 Å². The highest BCUT2D eigenvalue weighted by Gasteiger charge is 2.29. The van der Waals surface area contributed by atoms with Crippen LogP contribution in [0.2, 0.25) is 0 Å². The van der Waals surface area contributed by atoms with Crippen molar-refractivity contribution in [2.75, 3.05) is 31.6 Å². The molecule has 3 N–H and O–H groups in total. The molecule has 0 aliphatic carbocycles. The topological polar surface area (TPSA) is 99.7 Å². The minimum atomic E-state index is -3.15. The van der Waals surface area contributed by atoms with Crippen LogP contribution in [-0.4, -0.2) is 37.1 Å². The Labute approximate surface area is 112 Å². The molecular weight excluding hydrogens is 276 g/mol. The third-order valence-corrected chi connectivity index (χ3v) is 2.69. The summed E-state index contributed by atoms with van der Waals surface area (Å²) < 4.78 is 36.7. The van der Waals surface area contributed by atoms with Crippen molar-refractivity contribution < 1.29 is 23.2 Å². The molecule has 0 fully saturated rings. The fourth-order valence-electron chi connectivity index (χ4n) is 1.67. The molecule has 1 aliphatic heterocycles. The van der Waals surface area contributed by atoms with Crippen LogP contribution >= 0.6 is 0 Å². The molecule has 0 bridgehead atoms. The summed E-state index contributed by atoms with van der Waals surface area (Å²) in [5, 5.41) is 13.3. The Bertz CT molecular complexity index is 525. The van der Waals surface area contributed by atoms with E-state index in [2.05, 4.69) is 5.32 Å². The van der Waals surface area contributed by atoms with E-state index in [1.165, 1.54) is 6.07 Å². The van der Waals surface area contributed by atoms with Gasteiger partial charge in [-0.15, -0.1) is 0 Å². The maximum Gasteiger partial charge on any atom is 0.296 e. The zero-order valence-electron chi connectivity index (χ0n) is 10.4. The molecule has 0 aromatic heterocycles. The first-order valence-corrected chi connectivity index (χ1v) is 5.83. The number of nitrogens with two attached hydrogens (primary N) is 1. The van der Waals surface area contributed by atoms with Crippen molar-refractivity contribution in [2.45, 2.75) is 5.92 Å². The third-order valence-electron chi connectivity index (χ3n) is 2.69. The van der Waals surface area contributed by atoms with Crippen molar-refractivity contribution in [1.82, 2.24) is 0 Å². The third kappa shape index (κ3) is 3.05. The molecule has 7 nitrogen and oxygen atoms in total. The lowest BCUT2D eigenvalue weighted by molar-refractivity contribution is -0.384. The molecule has 110 valence electrons. The number of benzene rings is 1. The summed E-state index contributed by atoms with van der Waals surface area (Å²) in [5.74, 6) is -2.65. The van der Waals surface area contributed by atoms with Crippen LogP contribution in [0.1, 0.15) is 0 Å². The summed E-state index contributed by atoms with van der Waals surface area (Å²) in [6.07, 6.45) is 0. The molecule has 1 heterocycles. The van der Waals surface area contributed by atoms with E-state index in [0.717, 1.165) is 6.07 Å². The highest BCUT2D eigenvalue weighted by molar-refractivity contribution is 5.68. The average Bonchev–Trinajstić information content (AvgIpc) is 2.44. The van der Waals surface area contributed by atoms with Gasteiger partial charge in [0.15, 0.2) is 11.5 Å². The van der Waals surface area contributed by atoms with E-state index in [4.69, 9.17) is 15.2 Å². The van der Waals surface area contributed by atoms with Crippen LogP contribution in [0.25, 0.3) is 0 Å². The van der Waals surface area contributed by atoms with Crippen molar-refractivity contribution in [3.05, 3.63) is 22.2 Å². The summed E-state index contributed by atoms with van der Waals surface area (Å²) in [4.78, 5) is 10.3. The van der Waals surface area contributed by atoms with Crippen LogP contribution in [0.5, 0.6) is 11.5 Å². The fourth-order valence-corrected chi connectivity index (χ4v) is 1.67. The van der Waals surface area contributed by atoms with Crippen molar-refractivity contribution in [3.63, 3.8) is 0 Å². The number of rotatable bonds is 5. The van der Waals surface area contributed by atoms with Gasteiger partial charge in [-0.25, -0.2) is 8.78 Å². The van der Waals surface area contributed by atoms with Gasteiger partial charge in [-0.3, -0.25) is 10.1 Å². The van der Waals surface area contributed by atoms with Gasteiger partial charge < -0.3 is 20.5 Å². The number of fused-ring (bicyclic) bond motifs is 1. The van der Waals surface area contributed by atoms with Crippen LogP contribution in [0, 0.1) is 10.1 Å². The van der Waals surface area contributed by atoms with Crippen molar-refractivity contribution in [3.8, 4) is 11.5 Å². The van der Waals surface area contributed by atoms with Gasteiger partial charge in [0.25, 0.3) is 11.6 Å². The second kappa shape index (κ2) is 5.45. The smallest absolute Gasteiger partial charge is 0.296 e. The zero-order valence-corrected chi connectivity index (χ0v) is 10.4. The summed E-state index contributed by atoms with van der Waals surface area (Å²) in [5.41, 5.74) is 4.49. The summed E-state index contributed by atoms with van der Waals surface area (Å²) in [6, 6.07) is 2.43. The molecule has 0 radical (unpaired) electrons. The molecule has 1 aromatic rings. The molecule has 1 aromatic carbocycles. The Hall–Kier alpha value is -2.16. The minimum Gasteiger partial charge on any atom is -0.486 e. The number of nitro benzene ring substituents is 1. The Balaban J connectivity index is 2.28. The maximum atomic E-state index is 13.1. The van der Waals surface area contributed by atoms with Gasteiger partial charge in [-0.05, 0) is 0 Å². The van der Waals surface area contributed by atoms with Crippen LogP contribution in [0.15, 0.2) is 12.1 Å². The number of hydrogen-bond donors (Lipinski definition) is 2. The van der Waals surface area contributed by atoms with Crippen LogP contribution in [-0.2, 0) is 0 Å². The summed E-state index contributed by atoms with van der Waals surface area (Å²) >= 11 is 0. The number of halogens is 2. The Morgan fingerprint density at radius 2 is 1.95 bits per heavy atom. The first kappa shape index (κ1) is 14.3. The molecule has 20 heavy (non-hydrogen) atoms. The molecule has 0 atom stereocenters. The van der Waals surface area contributed by atoms with Crippen LogP contribution in [0.4, 0.5) is 20.2 Å². The number of alkyl halides is 2. The fraction of sp³-hybridized carbons (Fsp3) is 0.455. The molecule has 0 unspecified atom stereocenters. The first-order chi connectivity index (χ1) is 9.43. The molecule has 1 aliphatic rings. The van der Waals surface area contributed by atoms with Crippen molar-refractivity contribution in [2.24, 2.45) is 5.73 Å². The number of hydrogen-bond acceptors (Lipinski definition) is 6. The second-order valence-corrected chi connectivity index (χ2v) is 4.18. The van der Waals surface area contributed by atoms with Gasteiger partial charge in [-0.1, -0.05) is 0 Å². The number of nitro groups is 1. The maximum absolute atomic E-state index is 13.1. The van der Waals surface area contributed by atoms with E-state index in [1.54, 1.807) is 0 Å². The number of anilines is 1. The van der Waals surface area contributed by atoms with Gasteiger partial charge >= 0.3 is 0 Å². The average molecular weight is 289 g/mol. The van der Waals surface area contributed by atoms with Crippen LogP contribution in [0.3, 0.4) is 0 Å². The minimum absolute atomic E-state index is 0.0626. The Kier molecular flexibility index (Phi) is 3.89.